The van der Waals surface area contributed by atoms with Gasteiger partial charge >= 0.3 is 0 Å². The Morgan fingerprint density at radius 2 is 0.500 bits per heavy atom. The summed E-state index contributed by atoms with van der Waals surface area (Å²) in [5.41, 5.74) is 0. The molecule has 7 aromatic rings. The monoisotopic (exact) mass is 833 g/mol. The van der Waals surface area contributed by atoms with Gasteiger partial charge in [0.05, 0.1) is 0 Å². The minimum Gasteiger partial charge on any atom is -0.184 e. The normalized spacial score (nSPS) is 10.1. The Bertz CT molecular complexity index is 1470. The number of halogens is 1. The largest absolute Gasteiger partial charge is 0.184 e. The smallest absolute Gasteiger partial charge is 0 e. The summed E-state index contributed by atoms with van der Waals surface area (Å²) in [5.74, 6) is 0. The summed E-state index contributed by atoms with van der Waals surface area (Å²) in [7, 11) is -0.892. The predicted molar refractivity (Wildman–Crippen MR) is 208 cm³/mol. The van der Waals surface area contributed by atoms with Crippen molar-refractivity contribution in [3.63, 3.8) is 0 Å². The van der Waals surface area contributed by atoms with Gasteiger partial charge < -0.3 is 0 Å². The minimum atomic E-state index is -0.446. The van der Waals surface area contributed by atoms with Gasteiger partial charge in [-0.1, -0.05) is 208 Å². The maximum absolute atomic E-state index is 2.93. The zero-order valence-electron chi connectivity index (χ0n) is 25.2. The van der Waals surface area contributed by atoms with Gasteiger partial charge in [-0.05, 0) is 47.7 Å². The Labute approximate surface area is 304 Å². The van der Waals surface area contributed by atoms with Gasteiger partial charge in [0.25, 0.3) is 0 Å². The molecule has 0 atom stereocenters. The van der Waals surface area contributed by atoms with Crippen LogP contribution in [0.1, 0.15) is 0 Å². The van der Waals surface area contributed by atoms with E-state index >= 15 is 0 Å². The van der Waals surface area contributed by atoms with Crippen LogP contribution in [0.25, 0.3) is 0 Å². The third-order valence-electron chi connectivity index (χ3n) is 6.76. The van der Waals surface area contributed by atoms with Crippen LogP contribution in [-0.4, -0.2) is 0 Å². The molecule has 0 fully saturated rings. The second-order valence-electron chi connectivity index (χ2n) is 9.90. The average Bonchev–Trinajstić information content (AvgIpc) is 3.12. The molecule has 0 nitrogen and oxygen atoms in total. The number of rotatable bonds is 6. The molecule has 0 bridgehead atoms. The molecule has 0 spiro atoms. The van der Waals surface area contributed by atoms with E-state index in [9.17, 15) is 0 Å². The first-order chi connectivity index (χ1) is 22.3. The second-order valence-corrected chi connectivity index (χ2v) is 15.6. The van der Waals surface area contributed by atoms with E-state index in [-0.39, 0.29) is 20.4 Å². The van der Waals surface area contributed by atoms with E-state index in [2.05, 4.69) is 211 Å². The Balaban J connectivity index is 0.000000170. The van der Waals surface area contributed by atoms with Gasteiger partial charge in [-0.3, -0.25) is 0 Å². The first-order valence-corrected chi connectivity index (χ1v) is 18.6. The van der Waals surface area contributed by atoms with Crippen molar-refractivity contribution < 1.29 is 20.4 Å². The van der Waals surface area contributed by atoms with E-state index in [1.54, 1.807) is 0 Å². The molecule has 230 valence electrons. The Hall–Kier alpha value is -3.21. The molecule has 46 heavy (non-hydrogen) atoms. The van der Waals surface area contributed by atoms with Crippen LogP contribution in [0.15, 0.2) is 206 Å². The van der Waals surface area contributed by atoms with Gasteiger partial charge in [-0.2, -0.15) is 30.3 Å². The van der Waals surface area contributed by atoms with Crippen LogP contribution in [0.5, 0.6) is 0 Å². The van der Waals surface area contributed by atoms with Gasteiger partial charge in [-0.25, -0.2) is 0 Å². The quantitative estimate of drug-likeness (QED) is 0.0680. The number of hydrogen-bond acceptors (Lipinski definition) is 0. The van der Waals surface area contributed by atoms with Crippen molar-refractivity contribution in [2.45, 2.75) is 0 Å². The standard InChI is InChI=1S/2C18H15P.C6H4I.Pd/c2*1-4-10-16(11-5-1)19(17-12-6-2-7-13-17)18-14-8-3-9-15-18;7-6-4-2-1-3-5-6;/h2*1-15H;2-5H;/q;;-1;. The van der Waals surface area contributed by atoms with E-state index in [4.69, 9.17) is 0 Å². The van der Waals surface area contributed by atoms with Crippen LogP contribution in [0.3, 0.4) is 0 Å². The van der Waals surface area contributed by atoms with Crippen LogP contribution in [0, 0.1) is 9.64 Å². The fourth-order valence-corrected chi connectivity index (χ4v) is 9.69. The summed E-state index contributed by atoms with van der Waals surface area (Å²) >= 11 is 2.26. The summed E-state index contributed by atoms with van der Waals surface area (Å²) in [6.45, 7) is 0. The summed E-state index contributed by atoms with van der Waals surface area (Å²) in [6.07, 6.45) is 0. The molecule has 7 rings (SSSR count). The minimum absolute atomic E-state index is 0. The van der Waals surface area contributed by atoms with Crippen molar-refractivity contribution >= 4 is 70.3 Å². The molecule has 0 amide bonds. The topological polar surface area (TPSA) is 0 Å². The number of hydrogen-bond donors (Lipinski definition) is 0. The van der Waals surface area contributed by atoms with E-state index < -0.39 is 15.8 Å². The van der Waals surface area contributed by atoms with E-state index in [1.807, 2.05) is 24.3 Å². The summed E-state index contributed by atoms with van der Waals surface area (Å²) in [5, 5.41) is 8.39. The summed E-state index contributed by atoms with van der Waals surface area (Å²) in [6, 6.07) is 75.4. The van der Waals surface area contributed by atoms with E-state index in [1.165, 1.54) is 35.4 Å². The number of benzene rings is 7. The SMILES string of the molecule is Ic1cc[c-]cc1.[Pd].c1ccc(P(c2ccccc2)c2ccccc2)cc1.c1ccc(P(c2ccccc2)c2ccccc2)cc1. The fourth-order valence-electron chi connectivity index (χ4n) is 4.72. The molecule has 0 aromatic heterocycles. The molecule has 0 aliphatic heterocycles. The molecule has 7 aromatic carbocycles. The van der Waals surface area contributed by atoms with E-state index in [0.717, 1.165) is 0 Å². The van der Waals surface area contributed by atoms with Crippen LogP contribution in [0.4, 0.5) is 0 Å². The fraction of sp³-hybridized carbons (Fsp3) is 0. The molecule has 0 saturated carbocycles. The molecule has 0 N–H and O–H groups in total. The van der Waals surface area contributed by atoms with Gasteiger partial charge in [0.15, 0.2) is 0 Å². The van der Waals surface area contributed by atoms with Crippen molar-refractivity contribution in [1.82, 2.24) is 0 Å². The predicted octanol–water partition coefficient (Wildman–Crippen LogP) is 8.98. The van der Waals surface area contributed by atoms with Gasteiger partial charge in [0.2, 0.25) is 0 Å². The van der Waals surface area contributed by atoms with Crippen LogP contribution in [0.2, 0.25) is 0 Å². The van der Waals surface area contributed by atoms with Gasteiger partial charge in [0.1, 0.15) is 0 Å². The Kier molecular flexibility index (Phi) is 15.6. The molecule has 0 aliphatic carbocycles. The first kappa shape index (κ1) is 35.6. The van der Waals surface area contributed by atoms with Crippen LogP contribution < -0.4 is 31.8 Å². The molecular formula is C42H34IP2Pd-. The molecule has 0 unspecified atom stereocenters. The Morgan fingerprint density at radius 3 is 0.652 bits per heavy atom. The van der Waals surface area contributed by atoms with Crippen molar-refractivity contribution in [1.29, 1.82) is 0 Å². The Morgan fingerprint density at radius 1 is 0.304 bits per heavy atom. The van der Waals surface area contributed by atoms with Gasteiger partial charge in [0, 0.05) is 20.4 Å². The third-order valence-corrected chi connectivity index (χ3v) is 12.4. The second kappa shape index (κ2) is 20.1. The zero-order valence-corrected chi connectivity index (χ0v) is 30.7. The molecule has 4 heteroatoms. The first-order valence-electron chi connectivity index (χ1n) is 14.8. The van der Waals surface area contributed by atoms with E-state index in [0.29, 0.717) is 0 Å². The average molecular weight is 834 g/mol. The van der Waals surface area contributed by atoms with Crippen molar-refractivity contribution in [2.75, 3.05) is 0 Å². The van der Waals surface area contributed by atoms with Crippen molar-refractivity contribution in [2.24, 2.45) is 0 Å². The maximum atomic E-state index is 2.93. The summed E-state index contributed by atoms with van der Waals surface area (Å²) < 4.78 is 1.26. The molecule has 0 radical (unpaired) electrons. The molecule has 0 aliphatic rings. The van der Waals surface area contributed by atoms with Crippen molar-refractivity contribution in [3.05, 3.63) is 216 Å². The summed E-state index contributed by atoms with van der Waals surface area (Å²) in [4.78, 5) is 0. The van der Waals surface area contributed by atoms with Crippen LogP contribution in [-0.2, 0) is 20.4 Å². The molecule has 0 saturated heterocycles. The van der Waals surface area contributed by atoms with Crippen LogP contribution >= 0.6 is 38.4 Å². The van der Waals surface area contributed by atoms with Gasteiger partial charge in [-0.15, -0.1) is 0 Å². The zero-order chi connectivity index (χ0) is 30.9. The molecule has 0 heterocycles. The third kappa shape index (κ3) is 11.0. The molecular weight excluding hydrogens is 800 g/mol. The maximum Gasteiger partial charge on any atom is 0 e. The van der Waals surface area contributed by atoms with Crippen molar-refractivity contribution in [3.8, 4) is 0 Å².